The zero-order valence-electron chi connectivity index (χ0n) is 15.1. The van der Waals surface area contributed by atoms with E-state index in [1.165, 1.54) is 4.90 Å². The molecule has 5 nitrogen and oxygen atoms in total. The number of benzene rings is 2. The van der Waals surface area contributed by atoms with Crippen LogP contribution in [0, 0.1) is 0 Å². The predicted octanol–water partition coefficient (Wildman–Crippen LogP) is 4.45. The van der Waals surface area contributed by atoms with Crippen LogP contribution in [0.2, 0.25) is 10.0 Å². The van der Waals surface area contributed by atoms with Crippen molar-refractivity contribution in [1.29, 1.82) is 0 Å². The van der Waals surface area contributed by atoms with Gasteiger partial charge in [0.25, 0.3) is 5.91 Å². The van der Waals surface area contributed by atoms with E-state index < -0.39 is 11.6 Å². The molecule has 2 aromatic carbocycles. The van der Waals surface area contributed by atoms with E-state index in [4.69, 9.17) is 27.9 Å². The first-order valence-corrected chi connectivity index (χ1v) is 9.29. The number of amides is 3. The summed E-state index contributed by atoms with van der Waals surface area (Å²) in [6, 6.07) is 12.3. The van der Waals surface area contributed by atoms with Crippen LogP contribution in [0.25, 0.3) is 0 Å². The number of halogens is 2. The normalized spacial score (nSPS) is 19.3. The Balaban J connectivity index is 1.68. The number of hydrogen-bond acceptors (Lipinski definition) is 3. The molecular formula is C20H20Cl2N2O3. The van der Waals surface area contributed by atoms with Gasteiger partial charge in [0.15, 0.2) is 0 Å². The maximum atomic E-state index is 12.9. The SMILES string of the molecule is COc1ccc(CCC2(C)NC(=O)N(Cc3ccc(Cl)c(Cl)c3)C2=O)cc1. The molecule has 1 aliphatic rings. The lowest BCUT2D eigenvalue weighted by Crippen LogP contribution is -2.44. The Bertz CT molecular complexity index is 870. The molecule has 1 heterocycles. The summed E-state index contributed by atoms with van der Waals surface area (Å²) in [5.74, 6) is 0.537. The van der Waals surface area contributed by atoms with Crippen LogP contribution in [0.3, 0.4) is 0 Å². The van der Waals surface area contributed by atoms with Crippen molar-refractivity contribution in [1.82, 2.24) is 10.2 Å². The van der Waals surface area contributed by atoms with Gasteiger partial charge in [0.05, 0.1) is 23.7 Å². The molecule has 0 spiro atoms. The van der Waals surface area contributed by atoms with Crippen molar-refractivity contribution >= 4 is 35.1 Å². The van der Waals surface area contributed by atoms with E-state index in [2.05, 4.69) is 5.32 Å². The fourth-order valence-electron chi connectivity index (χ4n) is 3.07. The summed E-state index contributed by atoms with van der Waals surface area (Å²) in [5, 5.41) is 3.65. The number of nitrogens with zero attached hydrogens (tertiary/aromatic N) is 1. The van der Waals surface area contributed by atoms with Crippen LogP contribution in [0.15, 0.2) is 42.5 Å². The van der Waals surface area contributed by atoms with Crippen molar-refractivity contribution in [2.45, 2.75) is 31.8 Å². The molecule has 2 aromatic rings. The molecule has 1 atom stereocenters. The van der Waals surface area contributed by atoms with Gasteiger partial charge in [-0.25, -0.2) is 4.79 Å². The van der Waals surface area contributed by atoms with Crippen molar-refractivity contribution in [3.05, 3.63) is 63.6 Å². The molecule has 0 aliphatic carbocycles. The average Bonchev–Trinajstić information content (AvgIpc) is 2.87. The third-order valence-corrected chi connectivity index (χ3v) is 5.48. The maximum absolute atomic E-state index is 12.9. The number of carbonyl (C=O) groups excluding carboxylic acids is 2. The number of methoxy groups -OCH3 is 1. The Labute approximate surface area is 168 Å². The van der Waals surface area contributed by atoms with E-state index in [-0.39, 0.29) is 12.5 Å². The molecule has 0 radical (unpaired) electrons. The lowest BCUT2D eigenvalue weighted by Gasteiger charge is -2.22. The molecule has 1 fully saturated rings. The second kappa shape index (κ2) is 7.79. The first-order valence-electron chi connectivity index (χ1n) is 8.53. The minimum atomic E-state index is -0.937. The number of rotatable bonds is 6. The number of aryl methyl sites for hydroxylation is 1. The molecule has 0 bridgehead atoms. The Morgan fingerprint density at radius 2 is 1.70 bits per heavy atom. The molecule has 3 amide bonds. The van der Waals surface area contributed by atoms with Crippen molar-refractivity contribution in [2.75, 3.05) is 7.11 Å². The summed E-state index contributed by atoms with van der Waals surface area (Å²) in [5.41, 5.74) is 0.877. The van der Waals surface area contributed by atoms with E-state index >= 15 is 0 Å². The molecular weight excluding hydrogens is 387 g/mol. The third kappa shape index (κ3) is 4.20. The van der Waals surface area contributed by atoms with Gasteiger partial charge in [-0.2, -0.15) is 0 Å². The second-order valence-electron chi connectivity index (χ2n) is 6.75. The van der Waals surface area contributed by atoms with Crippen molar-refractivity contribution < 1.29 is 14.3 Å². The van der Waals surface area contributed by atoms with E-state index in [0.717, 1.165) is 16.9 Å². The van der Waals surface area contributed by atoms with E-state index in [0.29, 0.717) is 22.9 Å². The summed E-state index contributed by atoms with van der Waals surface area (Å²) in [4.78, 5) is 26.5. The summed E-state index contributed by atoms with van der Waals surface area (Å²) in [6.45, 7) is 1.91. The molecule has 1 aliphatic heterocycles. The number of ether oxygens (including phenoxy) is 1. The average molecular weight is 407 g/mol. The van der Waals surface area contributed by atoms with E-state index in [1.54, 1.807) is 32.2 Å². The molecule has 0 saturated carbocycles. The first-order chi connectivity index (χ1) is 12.8. The molecule has 7 heteroatoms. The minimum absolute atomic E-state index is 0.152. The first kappa shape index (κ1) is 19.5. The van der Waals surface area contributed by atoms with Gasteiger partial charge in [0.2, 0.25) is 0 Å². The van der Waals surface area contributed by atoms with Gasteiger partial charge in [0.1, 0.15) is 11.3 Å². The zero-order valence-corrected chi connectivity index (χ0v) is 16.6. The summed E-state index contributed by atoms with van der Waals surface area (Å²) >= 11 is 11.9. The number of hydrogen-bond donors (Lipinski definition) is 1. The van der Waals surface area contributed by atoms with Gasteiger partial charge in [-0.1, -0.05) is 41.4 Å². The highest BCUT2D eigenvalue weighted by molar-refractivity contribution is 6.42. The fourth-order valence-corrected chi connectivity index (χ4v) is 3.39. The van der Waals surface area contributed by atoms with Crippen LogP contribution in [0.4, 0.5) is 4.79 Å². The quantitative estimate of drug-likeness (QED) is 0.720. The van der Waals surface area contributed by atoms with Crippen LogP contribution in [-0.4, -0.2) is 29.5 Å². The Kier molecular flexibility index (Phi) is 5.63. The third-order valence-electron chi connectivity index (χ3n) is 4.74. The van der Waals surface area contributed by atoms with Gasteiger partial charge in [0, 0.05) is 0 Å². The summed E-state index contributed by atoms with van der Waals surface area (Å²) in [7, 11) is 1.62. The smallest absolute Gasteiger partial charge is 0.325 e. The number of nitrogens with one attached hydrogen (secondary N) is 1. The highest BCUT2D eigenvalue weighted by Gasteiger charge is 2.47. The van der Waals surface area contributed by atoms with Gasteiger partial charge in [-0.3, -0.25) is 9.69 Å². The number of imide groups is 1. The van der Waals surface area contributed by atoms with Gasteiger partial charge >= 0.3 is 6.03 Å². The predicted molar refractivity (Wildman–Crippen MR) is 105 cm³/mol. The van der Waals surface area contributed by atoms with Gasteiger partial charge in [-0.15, -0.1) is 0 Å². The monoisotopic (exact) mass is 406 g/mol. The van der Waals surface area contributed by atoms with Crippen LogP contribution in [0.1, 0.15) is 24.5 Å². The molecule has 27 heavy (non-hydrogen) atoms. The summed E-state index contributed by atoms with van der Waals surface area (Å²) in [6.07, 6.45) is 1.16. The fraction of sp³-hybridized carbons (Fsp3) is 0.300. The highest BCUT2D eigenvalue weighted by Crippen LogP contribution is 2.27. The van der Waals surface area contributed by atoms with Crippen LogP contribution in [0.5, 0.6) is 5.75 Å². The van der Waals surface area contributed by atoms with E-state index in [1.807, 2.05) is 24.3 Å². The van der Waals surface area contributed by atoms with Crippen LogP contribution in [-0.2, 0) is 17.8 Å². The lowest BCUT2D eigenvalue weighted by molar-refractivity contribution is -0.131. The largest absolute Gasteiger partial charge is 0.497 e. The molecule has 1 unspecified atom stereocenters. The van der Waals surface area contributed by atoms with Crippen LogP contribution < -0.4 is 10.1 Å². The molecule has 0 aromatic heterocycles. The molecule has 1 N–H and O–H groups in total. The molecule has 3 rings (SSSR count). The lowest BCUT2D eigenvalue weighted by atomic mass is 9.93. The zero-order chi connectivity index (χ0) is 19.6. The molecule has 1 saturated heterocycles. The molecule has 142 valence electrons. The Morgan fingerprint density at radius 3 is 2.33 bits per heavy atom. The number of urea groups is 1. The number of carbonyl (C=O) groups is 2. The minimum Gasteiger partial charge on any atom is -0.497 e. The Hall–Kier alpha value is -2.24. The topological polar surface area (TPSA) is 58.6 Å². The van der Waals surface area contributed by atoms with Crippen molar-refractivity contribution in [2.24, 2.45) is 0 Å². The second-order valence-corrected chi connectivity index (χ2v) is 7.56. The van der Waals surface area contributed by atoms with Gasteiger partial charge < -0.3 is 10.1 Å². The van der Waals surface area contributed by atoms with Gasteiger partial charge in [-0.05, 0) is 55.2 Å². The van der Waals surface area contributed by atoms with Crippen LogP contribution >= 0.6 is 23.2 Å². The standard InChI is InChI=1S/C20H20Cl2N2O3/c1-20(10-9-13-3-6-15(27-2)7-4-13)18(25)24(19(26)23-20)12-14-5-8-16(21)17(22)11-14/h3-8,11H,9-10,12H2,1-2H3,(H,23,26). The summed E-state index contributed by atoms with van der Waals surface area (Å²) < 4.78 is 5.15. The van der Waals surface area contributed by atoms with E-state index in [9.17, 15) is 9.59 Å². The Morgan fingerprint density at radius 1 is 1.04 bits per heavy atom. The maximum Gasteiger partial charge on any atom is 0.325 e. The van der Waals surface area contributed by atoms with Crippen molar-refractivity contribution in [3.8, 4) is 5.75 Å². The highest BCUT2D eigenvalue weighted by atomic mass is 35.5. The van der Waals surface area contributed by atoms with Crippen molar-refractivity contribution in [3.63, 3.8) is 0 Å².